The molecular formula is C21H18N2O2. The Morgan fingerprint density at radius 3 is 2.76 bits per heavy atom. The Bertz CT molecular complexity index is 1020. The molecular weight excluding hydrogens is 312 g/mol. The molecule has 0 amide bonds. The van der Waals surface area contributed by atoms with E-state index in [-0.39, 0.29) is 11.5 Å². The highest BCUT2D eigenvalue weighted by Gasteiger charge is 2.38. The van der Waals surface area contributed by atoms with Crippen LogP contribution in [0.2, 0.25) is 0 Å². The summed E-state index contributed by atoms with van der Waals surface area (Å²) in [7, 11) is 0. The number of nitriles is 1. The lowest BCUT2D eigenvalue weighted by Crippen LogP contribution is -2.41. The number of hydrogen-bond acceptors (Lipinski definition) is 3. The van der Waals surface area contributed by atoms with Crippen molar-refractivity contribution in [2.24, 2.45) is 0 Å². The zero-order chi connectivity index (χ0) is 17.6. The van der Waals surface area contributed by atoms with Gasteiger partial charge in [-0.15, -0.1) is 0 Å². The number of hydrogen-bond donors (Lipinski definition) is 0. The lowest BCUT2D eigenvalue weighted by Gasteiger charge is -2.36. The molecule has 1 atom stereocenters. The largest absolute Gasteiger partial charge is 0.618 e. The van der Waals surface area contributed by atoms with Gasteiger partial charge in [-0.05, 0) is 44.2 Å². The Morgan fingerprint density at radius 1 is 1.16 bits per heavy atom. The Labute approximate surface area is 146 Å². The van der Waals surface area contributed by atoms with Gasteiger partial charge in [-0.3, -0.25) is 0 Å². The van der Waals surface area contributed by atoms with Crippen LogP contribution in [0.25, 0.3) is 10.9 Å². The number of fused-ring (bicyclic) bond motifs is 2. The number of para-hydroxylation sites is 1. The number of nitrogens with zero attached hydrogens (tertiary/aromatic N) is 2. The van der Waals surface area contributed by atoms with E-state index in [4.69, 9.17) is 4.74 Å². The zero-order valence-electron chi connectivity index (χ0n) is 14.2. The molecule has 0 spiro atoms. The van der Waals surface area contributed by atoms with E-state index in [1.807, 2.05) is 62.4 Å². The fourth-order valence-corrected chi connectivity index (χ4v) is 3.64. The van der Waals surface area contributed by atoms with Crippen molar-refractivity contribution >= 4 is 10.9 Å². The van der Waals surface area contributed by atoms with Crippen molar-refractivity contribution in [3.05, 3.63) is 76.6 Å². The van der Waals surface area contributed by atoms with E-state index in [9.17, 15) is 10.5 Å². The molecule has 2 heterocycles. The van der Waals surface area contributed by atoms with Gasteiger partial charge in [0.05, 0.1) is 17.6 Å². The molecule has 0 aliphatic carbocycles. The SMILES string of the molecule is CC1(C)CC(c2ccc3ccccc3[n+]2[O-])c2cc(C#N)ccc2O1. The maximum absolute atomic E-state index is 13.0. The van der Waals surface area contributed by atoms with Gasteiger partial charge in [0.2, 0.25) is 11.2 Å². The van der Waals surface area contributed by atoms with E-state index in [0.29, 0.717) is 23.2 Å². The van der Waals surface area contributed by atoms with Crippen LogP contribution < -0.4 is 9.47 Å². The Kier molecular flexibility index (Phi) is 3.40. The van der Waals surface area contributed by atoms with Crippen molar-refractivity contribution in [2.75, 3.05) is 0 Å². The molecule has 1 aliphatic heterocycles. The second-order valence-corrected chi connectivity index (χ2v) is 7.09. The first-order valence-corrected chi connectivity index (χ1v) is 8.33. The third-order valence-electron chi connectivity index (χ3n) is 4.78. The van der Waals surface area contributed by atoms with E-state index >= 15 is 0 Å². The third kappa shape index (κ3) is 2.58. The molecule has 0 saturated heterocycles. The number of ether oxygens (including phenoxy) is 1. The average molecular weight is 330 g/mol. The summed E-state index contributed by atoms with van der Waals surface area (Å²) >= 11 is 0. The standard InChI is InChI=1S/C21H18N2O2/c1-21(2)12-17(16-11-14(13-22)7-10-20(16)25-21)19-9-8-15-5-3-4-6-18(15)23(19)24/h3-11,17H,12H2,1-2H3. The van der Waals surface area contributed by atoms with Gasteiger partial charge in [-0.25, -0.2) is 0 Å². The molecule has 0 N–H and O–H groups in total. The second-order valence-electron chi connectivity index (χ2n) is 7.09. The highest BCUT2D eigenvalue weighted by molar-refractivity contribution is 5.75. The maximum atomic E-state index is 13.0. The first-order chi connectivity index (χ1) is 12.0. The molecule has 4 rings (SSSR count). The van der Waals surface area contributed by atoms with Crippen molar-refractivity contribution < 1.29 is 9.47 Å². The smallest absolute Gasteiger partial charge is 0.223 e. The van der Waals surface area contributed by atoms with Gasteiger partial charge in [0.1, 0.15) is 11.4 Å². The van der Waals surface area contributed by atoms with Crippen LogP contribution in [-0.2, 0) is 0 Å². The molecule has 2 aromatic carbocycles. The van der Waals surface area contributed by atoms with Crippen molar-refractivity contribution in [1.29, 1.82) is 5.26 Å². The molecule has 1 unspecified atom stereocenters. The van der Waals surface area contributed by atoms with Crippen LogP contribution in [0.4, 0.5) is 0 Å². The molecule has 0 radical (unpaired) electrons. The summed E-state index contributed by atoms with van der Waals surface area (Å²) in [5.41, 5.74) is 2.43. The molecule has 3 aromatic rings. The number of pyridine rings is 1. The van der Waals surface area contributed by atoms with Crippen LogP contribution in [0.15, 0.2) is 54.6 Å². The van der Waals surface area contributed by atoms with Crippen LogP contribution in [0.1, 0.15) is 43.0 Å². The van der Waals surface area contributed by atoms with E-state index in [2.05, 4.69) is 6.07 Å². The summed E-state index contributed by atoms with van der Waals surface area (Å²) in [5, 5.41) is 23.2. The molecule has 1 aliphatic rings. The van der Waals surface area contributed by atoms with Gasteiger partial charge in [0.15, 0.2) is 0 Å². The van der Waals surface area contributed by atoms with Crippen LogP contribution >= 0.6 is 0 Å². The Hall–Kier alpha value is -3.06. The minimum atomic E-state index is -0.384. The molecule has 0 bridgehead atoms. The fourth-order valence-electron chi connectivity index (χ4n) is 3.64. The van der Waals surface area contributed by atoms with Gasteiger partial charge >= 0.3 is 0 Å². The fraction of sp³-hybridized carbons (Fsp3) is 0.238. The number of benzene rings is 2. The predicted octanol–water partition coefficient (Wildman–Crippen LogP) is 4.04. The van der Waals surface area contributed by atoms with E-state index in [0.717, 1.165) is 21.4 Å². The van der Waals surface area contributed by atoms with Crippen molar-refractivity contribution in [3.63, 3.8) is 0 Å². The molecule has 4 nitrogen and oxygen atoms in total. The molecule has 25 heavy (non-hydrogen) atoms. The minimum absolute atomic E-state index is 0.117. The summed E-state index contributed by atoms with van der Waals surface area (Å²) in [6, 6.07) is 19.0. The summed E-state index contributed by atoms with van der Waals surface area (Å²) in [5.74, 6) is 0.627. The summed E-state index contributed by atoms with van der Waals surface area (Å²) in [6.07, 6.45) is 0.676. The number of rotatable bonds is 1. The first kappa shape index (κ1) is 15.5. The Morgan fingerprint density at radius 2 is 1.96 bits per heavy atom. The van der Waals surface area contributed by atoms with Crippen LogP contribution in [-0.4, -0.2) is 5.60 Å². The normalized spacial score (nSPS) is 18.2. The van der Waals surface area contributed by atoms with E-state index in [1.54, 1.807) is 6.07 Å². The van der Waals surface area contributed by atoms with Gasteiger partial charge in [-0.1, -0.05) is 12.1 Å². The highest BCUT2D eigenvalue weighted by Crippen LogP contribution is 2.43. The highest BCUT2D eigenvalue weighted by atomic mass is 16.5. The van der Waals surface area contributed by atoms with Gasteiger partial charge in [-0.2, -0.15) is 9.99 Å². The molecule has 4 heteroatoms. The second kappa shape index (κ2) is 5.49. The zero-order valence-corrected chi connectivity index (χ0v) is 14.2. The molecule has 1 aromatic heterocycles. The lowest BCUT2D eigenvalue weighted by atomic mass is 9.81. The minimum Gasteiger partial charge on any atom is -0.618 e. The Balaban J connectivity index is 1.94. The first-order valence-electron chi connectivity index (χ1n) is 8.33. The van der Waals surface area contributed by atoms with Crippen LogP contribution in [0, 0.1) is 16.5 Å². The lowest BCUT2D eigenvalue weighted by molar-refractivity contribution is -0.587. The van der Waals surface area contributed by atoms with Crippen molar-refractivity contribution in [1.82, 2.24) is 0 Å². The van der Waals surface area contributed by atoms with Gasteiger partial charge in [0, 0.05) is 29.5 Å². The van der Waals surface area contributed by atoms with E-state index in [1.165, 1.54) is 0 Å². The van der Waals surface area contributed by atoms with Crippen molar-refractivity contribution in [3.8, 4) is 11.8 Å². The molecule has 0 saturated carbocycles. The number of aromatic nitrogens is 1. The van der Waals surface area contributed by atoms with E-state index < -0.39 is 0 Å². The molecule has 124 valence electrons. The van der Waals surface area contributed by atoms with Gasteiger partial charge in [0.25, 0.3) is 0 Å². The summed E-state index contributed by atoms with van der Waals surface area (Å²) in [6.45, 7) is 4.05. The third-order valence-corrected chi connectivity index (χ3v) is 4.78. The monoisotopic (exact) mass is 330 g/mol. The summed E-state index contributed by atoms with van der Waals surface area (Å²) < 4.78 is 7.10. The average Bonchev–Trinajstić information content (AvgIpc) is 2.61. The maximum Gasteiger partial charge on any atom is 0.223 e. The van der Waals surface area contributed by atoms with Gasteiger partial charge < -0.3 is 9.94 Å². The predicted molar refractivity (Wildman–Crippen MR) is 95.2 cm³/mol. The van der Waals surface area contributed by atoms with Crippen LogP contribution in [0.3, 0.4) is 0 Å². The van der Waals surface area contributed by atoms with Crippen LogP contribution in [0.5, 0.6) is 5.75 Å². The molecule has 0 fully saturated rings. The summed E-state index contributed by atoms with van der Waals surface area (Å²) in [4.78, 5) is 0. The topological polar surface area (TPSA) is 60.0 Å². The van der Waals surface area contributed by atoms with Crippen molar-refractivity contribution in [2.45, 2.75) is 31.8 Å². The quantitative estimate of drug-likeness (QED) is 0.500.